The van der Waals surface area contributed by atoms with Crippen molar-refractivity contribution in [3.63, 3.8) is 0 Å². The Balaban J connectivity index is 2.67. The van der Waals surface area contributed by atoms with Gasteiger partial charge in [0.2, 0.25) is 0 Å². The summed E-state index contributed by atoms with van der Waals surface area (Å²) >= 11 is 0. The molecule has 1 aliphatic rings. The van der Waals surface area contributed by atoms with Gasteiger partial charge in [0.15, 0.2) is 0 Å². The quantitative estimate of drug-likeness (QED) is 0.490. The summed E-state index contributed by atoms with van der Waals surface area (Å²) in [5.74, 6) is 0. The van der Waals surface area contributed by atoms with Crippen molar-refractivity contribution in [3.8, 4) is 0 Å². The van der Waals surface area contributed by atoms with Gasteiger partial charge >= 0.3 is 10.3 Å². The molecule has 1 aliphatic heterocycles. The van der Waals surface area contributed by atoms with Crippen molar-refractivity contribution in [1.82, 2.24) is 9.62 Å². The average Bonchev–Trinajstić information content (AvgIpc) is 2.04. The van der Waals surface area contributed by atoms with E-state index >= 15 is 0 Å². The molecule has 3 N–H and O–H groups in total. The lowest BCUT2D eigenvalue weighted by molar-refractivity contribution is 0.191. The maximum absolute atomic E-state index is 10.8. The molecule has 0 bridgehead atoms. The first-order valence-electron chi connectivity index (χ1n) is 4.11. The van der Waals surface area contributed by atoms with E-state index < -0.39 is 10.3 Å². The Morgan fingerprint density at radius 1 is 1.54 bits per heavy atom. The van der Waals surface area contributed by atoms with Crippen LogP contribution in [0.1, 0.15) is 6.42 Å². The monoisotopic (exact) mass is 210 g/mol. The summed E-state index contributed by atoms with van der Waals surface area (Å²) in [6.45, 7) is 1.17. The fourth-order valence-corrected chi connectivity index (χ4v) is 2.32. The Labute approximate surface area is 77.4 Å². The first kappa shape index (κ1) is 10.9. The summed E-state index contributed by atoms with van der Waals surface area (Å²) in [6.07, 6.45) is 0.340. The van der Waals surface area contributed by atoms with Crippen LogP contribution in [0.15, 0.2) is 0 Å². The highest BCUT2D eigenvalue weighted by molar-refractivity contribution is 7.83. The Bertz CT molecular complexity index is 251. The van der Waals surface area contributed by atoms with Crippen LogP contribution in [0.3, 0.4) is 0 Å². The van der Waals surface area contributed by atoms with Gasteiger partial charge in [0.1, 0.15) is 0 Å². The Kier molecular flexibility index (Phi) is 3.63. The standard InChI is InChI=1S/C6H14N2O4S/c9-4-1-6-5-7-2-3-8(6)13(10,11)12/h6-7,9H,1-5H2,(H,10,11,12). The lowest BCUT2D eigenvalue weighted by Gasteiger charge is -2.32. The van der Waals surface area contributed by atoms with Crippen LogP contribution in [0.5, 0.6) is 0 Å². The molecule has 0 amide bonds. The zero-order valence-corrected chi connectivity index (χ0v) is 8.00. The molecule has 1 saturated heterocycles. The summed E-state index contributed by atoms with van der Waals surface area (Å²) in [5, 5.41) is 11.7. The minimum absolute atomic E-state index is 0.0850. The second-order valence-corrected chi connectivity index (χ2v) is 4.32. The molecular formula is C6H14N2O4S. The lowest BCUT2D eigenvalue weighted by Crippen LogP contribution is -2.53. The van der Waals surface area contributed by atoms with Gasteiger partial charge in [0.05, 0.1) is 0 Å². The van der Waals surface area contributed by atoms with Crippen LogP contribution in [0.25, 0.3) is 0 Å². The summed E-state index contributed by atoms with van der Waals surface area (Å²) in [7, 11) is -4.12. The zero-order chi connectivity index (χ0) is 9.90. The third-order valence-corrected chi connectivity index (χ3v) is 3.13. The first-order chi connectivity index (χ1) is 6.05. The van der Waals surface area contributed by atoms with Crippen LogP contribution in [0.2, 0.25) is 0 Å². The molecule has 1 fully saturated rings. The summed E-state index contributed by atoms with van der Waals surface area (Å²) in [5.41, 5.74) is 0. The number of aliphatic hydroxyl groups excluding tert-OH is 1. The highest BCUT2D eigenvalue weighted by atomic mass is 32.2. The highest BCUT2D eigenvalue weighted by Crippen LogP contribution is 2.10. The Hall–Kier alpha value is -0.210. The van der Waals surface area contributed by atoms with Crippen molar-refractivity contribution in [1.29, 1.82) is 0 Å². The molecular weight excluding hydrogens is 196 g/mol. The van der Waals surface area contributed by atoms with Crippen molar-refractivity contribution >= 4 is 10.3 Å². The van der Waals surface area contributed by atoms with E-state index in [0.717, 1.165) is 4.31 Å². The van der Waals surface area contributed by atoms with E-state index in [1.807, 2.05) is 0 Å². The molecule has 7 heteroatoms. The third kappa shape index (κ3) is 2.89. The topological polar surface area (TPSA) is 89.9 Å². The summed E-state index contributed by atoms with van der Waals surface area (Å²) < 4.78 is 31.5. The smallest absolute Gasteiger partial charge is 0.336 e. The molecule has 0 spiro atoms. The largest absolute Gasteiger partial charge is 0.396 e. The van der Waals surface area contributed by atoms with E-state index in [4.69, 9.17) is 9.66 Å². The molecule has 0 aromatic carbocycles. The number of piperazine rings is 1. The van der Waals surface area contributed by atoms with E-state index in [9.17, 15) is 8.42 Å². The van der Waals surface area contributed by atoms with E-state index in [1.165, 1.54) is 0 Å². The van der Waals surface area contributed by atoms with Crippen molar-refractivity contribution in [2.45, 2.75) is 12.5 Å². The minimum Gasteiger partial charge on any atom is -0.396 e. The van der Waals surface area contributed by atoms with Crippen LogP contribution < -0.4 is 5.32 Å². The van der Waals surface area contributed by atoms with E-state index in [0.29, 0.717) is 19.5 Å². The molecule has 1 heterocycles. The number of aliphatic hydroxyl groups is 1. The van der Waals surface area contributed by atoms with Crippen LogP contribution in [-0.4, -0.2) is 54.7 Å². The molecule has 1 atom stereocenters. The van der Waals surface area contributed by atoms with Crippen molar-refractivity contribution in [3.05, 3.63) is 0 Å². The average molecular weight is 210 g/mol. The summed E-state index contributed by atoms with van der Waals surface area (Å²) in [4.78, 5) is 0. The maximum Gasteiger partial charge on any atom is 0.336 e. The van der Waals surface area contributed by atoms with Gasteiger partial charge in [0, 0.05) is 32.3 Å². The number of nitrogens with zero attached hydrogens (tertiary/aromatic N) is 1. The van der Waals surface area contributed by atoms with Gasteiger partial charge in [-0.05, 0) is 6.42 Å². The van der Waals surface area contributed by atoms with Gasteiger partial charge in [-0.1, -0.05) is 0 Å². The molecule has 78 valence electrons. The molecule has 0 radical (unpaired) electrons. The maximum atomic E-state index is 10.8. The molecule has 13 heavy (non-hydrogen) atoms. The van der Waals surface area contributed by atoms with Gasteiger partial charge in [-0.2, -0.15) is 12.7 Å². The second-order valence-electron chi connectivity index (χ2n) is 2.96. The van der Waals surface area contributed by atoms with Crippen molar-refractivity contribution in [2.24, 2.45) is 0 Å². The van der Waals surface area contributed by atoms with Gasteiger partial charge in [-0.25, -0.2) is 0 Å². The molecule has 6 nitrogen and oxygen atoms in total. The van der Waals surface area contributed by atoms with Gasteiger partial charge in [-0.15, -0.1) is 0 Å². The second kappa shape index (κ2) is 4.34. The normalized spacial score (nSPS) is 26.2. The fourth-order valence-electron chi connectivity index (χ4n) is 1.44. The lowest BCUT2D eigenvalue weighted by atomic mass is 10.2. The van der Waals surface area contributed by atoms with Crippen LogP contribution in [0.4, 0.5) is 0 Å². The van der Waals surface area contributed by atoms with Crippen LogP contribution >= 0.6 is 0 Å². The predicted octanol–water partition coefficient (Wildman–Crippen LogP) is -1.55. The minimum atomic E-state index is -4.12. The number of rotatable bonds is 3. The number of hydrogen-bond donors (Lipinski definition) is 3. The number of nitrogens with one attached hydrogen (secondary N) is 1. The Morgan fingerprint density at radius 2 is 2.23 bits per heavy atom. The van der Waals surface area contributed by atoms with Crippen molar-refractivity contribution in [2.75, 3.05) is 26.2 Å². The summed E-state index contributed by atoms with van der Waals surface area (Å²) in [6, 6.07) is -0.339. The molecule has 0 aliphatic carbocycles. The molecule has 1 unspecified atom stereocenters. The first-order valence-corrected chi connectivity index (χ1v) is 5.51. The van der Waals surface area contributed by atoms with Gasteiger partial charge < -0.3 is 10.4 Å². The Morgan fingerprint density at radius 3 is 2.77 bits per heavy atom. The van der Waals surface area contributed by atoms with Gasteiger partial charge in [0.25, 0.3) is 0 Å². The van der Waals surface area contributed by atoms with Gasteiger partial charge in [-0.3, -0.25) is 4.55 Å². The molecule has 0 aromatic rings. The van der Waals surface area contributed by atoms with E-state index in [1.54, 1.807) is 0 Å². The van der Waals surface area contributed by atoms with E-state index in [2.05, 4.69) is 5.32 Å². The predicted molar refractivity (Wildman–Crippen MR) is 46.6 cm³/mol. The SMILES string of the molecule is O=S(=O)(O)N1CCNCC1CCO. The highest BCUT2D eigenvalue weighted by Gasteiger charge is 2.30. The molecule has 0 aromatic heterocycles. The van der Waals surface area contributed by atoms with Crippen molar-refractivity contribution < 1.29 is 18.1 Å². The third-order valence-electron chi connectivity index (χ3n) is 2.05. The molecule has 0 saturated carbocycles. The van der Waals surface area contributed by atoms with E-state index in [-0.39, 0.29) is 19.2 Å². The number of hydrogen-bond acceptors (Lipinski definition) is 4. The zero-order valence-electron chi connectivity index (χ0n) is 7.18. The molecule has 1 rings (SSSR count). The van der Waals surface area contributed by atoms with Crippen LogP contribution in [0, 0.1) is 0 Å². The van der Waals surface area contributed by atoms with Crippen LogP contribution in [-0.2, 0) is 10.3 Å². The fraction of sp³-hybridized carbons (Fsp3) is 1.00.